The molecule has 1 unspecified atom stereocenters. The highest BCUT2D eigenvalue weighted by Gasteiger charge is 2.10. The molecule has 0 amide bonds. The number of aliphatic hydroxyl groups excluding tert-OH is 1. The van der Waals surface area contributed by atoms with E-state index in [4.69, 9.17) is 0 Å². The average Bonchev–Trinajstić information content (AvgIpc) is 2.97. The number of hydrogen-bond donors (Lipinski definition) is 3. The molecule has 0 fully saturated rings. The van der Waals surface area contributed by atoms with Gasteiger partial charge in [0.25, 0.3) is 0 Å². The van der Waals surface area contributed by atoms with Crippen LogP contribution in [0.25, 0.3) is 0 Å². The molecule has 22 heavy (non-hydrogen) atoms. The molecular weight excluding hydrogens is 278 g/mol. The minimum Gasteiger partial charge on any atom is -0.396 e. The van der Waals surface area contributed by atoms with Gasteiger partial charge in [0.2, 0.25) is 0 Å². The van der Waals surface area contributed by atoms with E-state index >= 15 is 0 Å². The van der Waals surface area contributed by atoms with Crippen LogP contribution in [0.3, 0.4) is 0 Å². The molecule has 0 saturated carbocycles. The Morgan fingerprint density at radius 2 is 2.18 bits per heavy atom. The maximum atomic E-state index is 9.18. The van der Waals surface area contributed by atoms with Crippen molar-refractivity contribution in [2.75, 3.05) is 26.2 Å². The van der Waals surface area contributed by atoms with Gasteiger partial charge in [-0.3, -0.25) is 4.99 Å². The van der Waals surface area contributed by atoms with Gasteiger partial charge >= 0.3 is 0 Å². The highest BCUT2D eigenvalue weighted by atomic mass is 16.3. The summed E-state index contributed by atoms with van der Waals surface area (Å²) in [6.07, 6.45) is 7.46. The molecule has 0 radical (unpaired) electrons. The Kier molecular flexibility index (Phi) is 9.30. The van der Waals surface area contributed by atoms with E-state index in [0.29, 0.717) is 11.8 Å². The molecule has 1 heterocycles. The van der Waals surface area contributed by atoms with Crippen molar-refractivity contribution in [2.24, 2.45) is 16.8 Å². The van der Waals surface area contributed by atoms with Gasteiger partial charge in [-0.25, -0.2) is 4.98 Å². The molecule has 1 aromatic heterocycles. The van der Waals surface area contributed by atoms with Crippen LogP contribution < -0.4 is 10.6 Å². The molecule has 0 saturated heterocycles. The number of hydrogen-bond acceptors (Lipinski definition) is 3. The van der Waals surface area contributed by atoms with Crippen molar-refractivity contribution in [1.29, 1.82) is 0 Å². The van der Waals surface area contributed by atoms with E-state index in [1.54, 1.807) is 6.20 Å². The lowest BCUT2D eigenvalue weighted by molar-refractivity contribution is 0.245. The Morgan fingerprint density at radius 3 is 2.77 bits per heavy atom. The summed E-state index contributed by atoms with van der Waals surface area (Å²) in [6, 6.07) is 0. The zero-order chi connectivity index (χ0) is 16.2. The first-order valence-corrected chi connectivity index (χ1v) is 8.24. The first kappa shape index (κ1) is 18.5. The predicted octanol–water partition coefficient (Wildman–Crippen LogP) is 1.48. The quantitative estimate of drug-likeness (QED) is 0.452. The van der Waals surface area contributed by atoms with Gasteiger partial charge in [-0.1, -0.05) is 13.8 Å². The van der Waals surface area contributed by atoms with Crippen LogP contribution in [0, 0.1) is 11.8 Å². The molecular formula is C16H31N5O. The third kappa shape index (κ3) is 8.02. The van der Waals surface area contributed by atoms with E-state index in [9.17, 15) is 5.11 Å². The summed E-state index contributed by atoms with van der Waals surface area (Å²) >= 11 is 0. The van der Waals surface area contributed by atoms with Gasteiger partial charge in [-0.05, 0) is 31.6 Å². The van der Waals surface area contributed by atoms with Crippen molar-refractivity contribution in [1.82, 2.24) is 20.2 Å². The number of nitrogens with one attached hydrogen (secondary N) is 2. The van der Waals surface area contributed by atoms with Crippen molar-refractivity contribution in [2.45, 2.75) is 40.2 Å². The Balaban J connectivity index is 2.44. The van der Waals surface area contributed by atoms with Crippen LogP contribution in [-0.4, -0.2) is 46.9 Å². The summed E-state index contributed by atoms with van der Waals surface area (Å²) in [5.41, 5.74) is 0. The smallest absolute Gasteiger partial charge is 0.191 e. The normalized spacial score (nSPS) is 13.4. The third-order valence-corrected chi connectivity index (χ3v) is 3.42. The summed E-state index contributed by atoms with van der Waals surface area (Å²) < 4.78 is 2.03. The van der Waals surface area contributed by atoms with E-state index in [1.165, 1.54) is 0 Å². The molecule has 0 bridgehead atoms. The maximum Gasteiger partial charge on any atom is 0.191 e. The van der Waals surface area contributed by atoms with Crippen molar-refractivity contribution in [3.05, 3.63) is 18.7 Å². The average molecular weight is 309 g/mol. The molecule has 0 aliphatic rings. The molecule has 126 valence electrons. The van der Waals surface area contributed by atoms with Crippen LogP contribution in [0.4, 0.5) is 0 Å². The molecule has 3 N–H and O–H groups in total. The number of rotatable bonds is 10. The SMILES string of the molecule is CCNC(=NCC(CCO)CC(C)C)NCCn1ccnc1. The van der Waals surface area contributed by atoms with Crippen LogP contribution in [-0.2, 0) is 6.54 Å². The van der Waals surface area contributed by atoms with Gasteiger partial charge < -0.3 is 20.3 Å². The van der Waals surface area contributed by atoms with E-state index in [1.807, 2.05) is 17.1 Å². The highest BCUT2D eigenvalue weighted by Crippen LogP contribution is 2.15. The van der Waals surface area contributed by atoms with Gasteiger partial charge in [-0.2, -0.15) is 0 Å². The van der Waals surface area contributed by atoms with Crippen LogP contribution in [0.2, 0.25) is 0 Å². The zero-order valence-electron chi connectivity index (χ0n) is 14.1. The van der Waals surface area contributed by atoms with E-state index in [-0.39, 0.29) is 6.61 Å². The van der Waals surface area contributed by atoms with Crippen LogP contribution in [0.1, 0.15) is 33.6 Å². The van der Waals surface area contributed by atoms with Crippen LogP contribution in [0.5, 0.6) is 0 Å². The molecule has 6 heteroatoms. The molecule has 1 rings (SSSR count). The van der Waals surface area contributed by atoms with Crippen molar-refractivity contribution >= 4 is 5.96 Å². The molecule has 0 spiro atoms. The largest absolute Gasteiger partial charge is 0.396 e. The number of guanidine groups is 1. The van der Waals surface area contributed by atoms with E-state index < -0.39 is 0 Å². The summed E-state index contributed by atoms with van der Waals surface area (Å²) in [6.45, 7) is 9.97. The second-order valence-electron chi connectivity index (χ2n) is 5.95. The number of aliphatic hydroxyl groups is 1. The Bertz CT molecular complexity index is 403. The first-order chi connectivity index (χ1) is 10.7. The molecule has 0 aliphatic carbocycles. The van der Waals surface area contributed by atoms with E-state index in [2.05, 4.69) is 41.4 Å². The summed E-state index contributed by atoms with van der Waals surface area (Å²) in [4.78, 5) is 8.69. The van der Waals surface area contributed by atoms with Crippen molar-refractivity contribution in [3.63, 3.8) is 0 Å². The standard InChI is InChI=1S/C16H31N5O/c1-4-18-16(19-7-9-21-8-6-17-13-21)20-12-15(5-10-22)11-14(2)3/h6,8,13-15,22H,4-5,7,9-12H2,1-3H3,(H2,18,19,20). The van der Waals surface area contributed by atoms with Gasteiger partial charge in [-0.15, -0.1) is 0 Å². The topological polar surface area (TPSA) is 74.5 Å². The molecule has 1 atom stereocenters. The highest BCUT2D eigenvalue weighted by molar-refractivity contribution is 5.79. The summed E-state index contributed by atoms with van der Waals surface area (Å²) in [5, 5.41) is 15.8. The third-order valence-electron chi connectivity index (χ3n) is 3.42. The molecule has 0 aliphatic heterocycles. The van der Waals surface area contributed by atoms with Crippen molar-refractivity contribution < 1.29 is 5.11 Å². The second-order valence-corrected chi connectivity index (χ2v) is 5.95. The Labute approximate surface area is 134 Å². The zero-order valence-corrected chi connectivity index (χ0v) is 14.1. The summed E-state index contributed by atoms with van der Waals surface area (Å²) in [7, 11) is 0. The number of aromatic nitrogens is 2. The second kappa shape index (κ2) is 11.1. The monoisotopic (exact) mass is 309 g/mol. The van der Waals surface area contributed by atoms with Gasteiger partial charge in [0.05, 0.1) is 6.33 Å². The first-order valence-electron chi connectivity index (χ1n) is 8.24. The molecule has 6 nitrogen and oxygen atoms in total. The molecule has 0 aromatic carbocycles. The Hall–Kier alpha value is -1.56. The number of aliphatic imine (C=N–C) groups is 1. The van der Waals surface area contributed by atoms with Gasteiger partial charge in [0, 0.05) is 45.2 Å². The minimum atomic E-state index is 0.234. The van der Waals surface area contributed by atoms with Crippen LogP contribution in [0.15, 0.2) is 23.7 Å². The lowest BCUT2D eigenvalue weighted by Crippen LogP contribution is -2.39. The van der Waals surface area contributed by atoms with Gasteiger partial charge in [0.15, 0.2) is 5.96 Å². The van der Waals surface area contributed by atoms with E-state index in [0.717, 1.165) is 45.0 Å². The number of imidazole rings is 1. The van der Waals surface area contributed by atoms with Crippen LogP contribution >= 0.6 is 0 Å². The fourth-order valence-electron chi connectivity index (χ4n) is 2.42. The fourth-order valence-corrected chi connectivity index (χ4v) is 2.42. The van der Waals surface area contributed by atoms with Gasteiger partial charge in [0.1, 0.15) is 0 Å². The fraction of sp³-hybridized carbons (Fsp3) is 0.750. The van der Waals surface area contributed by atoms with Crippen molar-refractivity contribution in [3.8, 4) is 0 Å². The maximum absolute atomic E-state index is 9.18. The lowest BCUT2D eigenvalue weighted by Gasteiger charge is -2.17. The lowest BCUT2D eigenvalue weighted by atomic mass is 9.94. The summed E-state index contributed by atoms with van der Waals surface area (Å²) in [5.74, 6) is 1.91. The predicted molar refractivity (Wildman–Crippen MR) is 90.9 cm³/mol. The minimum absolute atomic E-state index is 0.234. The number of nitrogens with zero attached hydrogens (tertiary/aromatic N) is 3. The molecule has 1 aromatic rings. The Morgan fingerprint density at radius 1 is 1.36 bits per heavy atom.